The number of aliphatic hydroxyl groups is 1. The number of hydrogen-bond acceptors (Lipinski definition) is 5. The summed E-state index contributed by atoms with van der Waals surface area (Å²) in [6, 6.07) is 4.83. The Morgan fingerprint density at radius 2 is 2.12 bits per heavy atom. The number of nitrogens with zero attached hydrogens (tertiary/aromatic N) is 1. The Bertz CT molecular complexity index is 699. The maximum Gasteiger partial charge on any atom is 0.227 e. The minimum absolute atomic E-state index is 0.00903. The highest BCUT2D eigenvalue weighted by atomic mass is 35.5. The monoisotopic (exact) mass is 381 g/mol. The Morgan fingerprint density at radius 3 is 2.92 bits per heavy atom. The zero-order chi connectivity index (χ0) is 18.3. The molecule has 1 amide bonds. The number of aromatic hydroxyl groups is 1. The zero-order valence-electron chi connectivity index (χ0n) is 14.6. The largest absolute Gasteiger partial charge is 0.506 e. The lowest BCUT2D eigenvalue weighted by atomic mass is 9.66. The fourth-order valence-electron chi connectivity index (χ4n) is 4.68. The first-order valence-electron chi connectivity index (χ1n) is 9.14. The van der Waals surface area contributed by atoms with Gasteiger partial charge in [-0.05, 0) is 24.1 Å². The van der Waals surface area contributed by atoms with E-state index >= 15 is 0 Å². The molecule has 3 aliphatic heterocycles. The molecule has 7 heteroatoms. The molecule has 142 valence electrons. The van der Waals surface area contributed by atoms with Crippen LogP contribution < -0.4 is 0 Å². The van der Waals surface area contributed by atoms with Gasteiger partial charge in [-0.3, -0.25) is 4.79 Å². The fourth-order valence-corrected chi connectivity index (χ4v) is 4.89. The summed E-state index contributed by atoms with van der Waals surface area (Å²) in [5, 5.41) is 21.1. The summed E-state index contributed by atoms with van der Waals surface area (Å²) in [5.74, 6) is -0.149. The van der Waals surface area contributed by atoms with Crippen LogP contribution in [-0.2, 0) is 20.7 Å². The summed E-state index contributed by atoms with van der Waals surface area (Å²) in [6.07, 6.45) is 1.55. The Kier molecular flexibility index (Phi) is 4.86. The van der Waals surface area contributed by atoms with E-state index in [-0.39, 0.29) is 41.0 Å². The molecule has 1 aromatic rings. The van der Waals surface area contributed by atoms with E-state index in [9.17, 15) is 15.0 Å². The molecule has 3 fully saturated rings. The van der Waals surface area contributed by atoms with Crippen molar-refractivity contribution in [2.75, 3.05) is 33.0 Å². The highest BCUT2D eigenvalue weighted by Gasteiger charge is 2.56. The van der Waals surface area contributed by atoms with Crippen molar-refractivity contribution in [3.05, 3.63) is 28.8 Å². The van der Waals surface area contributed by atoms with Gasteiger partial charge in [0.2, 0.25) is 5.91 Å². The quantitative estimate of drug-likeness (QED) is 0.813. The number of carbonyl (C=O) groups excluding carboxylic acids is 1. The van der Waals surface area contributed by atoms with E-state index in [0.717, 1.165) is 12.0 Å². The van der Waals surface area contributed by atoms with Crippen molar-refractivity contribution in [3.8, 4) is 5.75 Å². The van der Waals surface area contributed by atoms with Crippen molar-refractivity contribution in [1.82, 2.24) is 4.90 Å². The first-order chi connectivity index (χ1) is 12.5. The second-order valence-corrected chi connectivity index (χ2v) is 7.97. The van der Waals surface area contributed by atoms with Gasteiger partial charge < -0.3 is 24.6 Å². The van der Waals surface area contributed by atoms with Gasteiger partial charge in [0.1, 0.15) is 5.75 Å². The normalized spacial score (nSPS) is 34.1. The Labute approximate surface area is 157 Å². The molecule has 4 atom stereocenters. The highest BCUT2D eigenvalue weighted by molar-refractivity contribution is 6.32. The number of benzene rings is 1. The number of carbonyl (C=O) groups is 1. The van der Waals surface area contributed by atoms with Crippen molar-refractivity contribution in [3.63, 3.8) is 0 Å². The third-order valence-corrected chi connectivity index (χ3v) is 6.44. The van der Waals surface area contributed by atoms with Gasteiger partial charge in [-0.1, -0.05) is 17.7 Å². The van der Waals surface area contributed by atoms with Crippen LogP contribution in [0.2, 0.25) is 5.02 Å². The van der Waals surface area contributed by atoms with Crippen LogP contribution in [0.3, 0.4) is 0 Å². The molecule has 3 aliphatic rings. The second kappa shape index (κ2) is 7.00. The molecule has 4 rings (SSSR count). The van der Waals surface area contributed by atoms with E-state index in [0.29, 0.717) is 39.4 Å². The molecule has 0 unspecified atom stereocenters. The molecular weight excluding hydrogens is 358 g/mol. The van der Waals surface area contributed by atoms with Gasteiger partial charge in [0.25, 0.3) is 0 Å². The predicted molar refractivity (Wildman–Crippen MR) is 95.1 cm³/mol. The van der Waals surface area contributed by atoms with Crippen molar-refractivity contribution < 1.29 is 24.5 Å². The van der Waals surface area contributed by atoms with Gasteiger partial charge in [0.05, 0.1) is 30.3 Å². The number of fused-ring (bicyclic) bond motifs is 3. The maximum atomic E-state index is 13.1. The molecule has 0 bridgehead atoms. The third kappa shape index (κ3) is 3.09. The minimum Gasteiger partial charge on any atom is -0.506 e. The molecule has 6 nitrogen and oxygen atoms in total. The number of piperidine rings is 1. The molecule has 3 saturated heterocycles. The number of amides is 1. The van der Waals surface area contributed by atoms with Crippen molar-refractivity contribution in [2.45, 2.75) is 30.9 Å². The fraction of sp³-hybridized carbons (Fsp3) is 0.632. The lowest BCUT2D eigenvalue weighted by molar-refractivity contribution is -0.219. The Morgan fingerprint density at radius 1 is 1.31 bits per heavy atom. The van der Waals surface area contributed by atoms with Gasteiger partial charge >= 0.3 is 0 Å². The van der Waals surface area contributed by atoms with Gasteiger partial charge in [0, 0.05) is 44.1 Å². The van der Waals surface area contributed by atoms with Gasteiger partial charge in [0.15, 0.2) is 0 Å². The second-order valence-electron chi connectivity index (χ2n) is 7.56. The first kappa shape index (κ1) is 18.0. The summed E-state index contributed by atoms with van der Waals surface area (Å²) in [7, 11) is 0. The van der Waals surface area contributed by atoms with E-state index in [2.05, 4.69) is 0 Å². The van der Waals surface area contributed by atoms with Crippen LogP contribution in [0.5, 0.6) is 5.75 Å². The summed E-state index contributed by atoms with van der Waals surface area (Å²) < 4.78 is 11.2. The van der Waals surface area contributed by atoms with Crippen LogP contribution in [0.1, 0.15) is 18.4 Å². The number of rotatable bonds is 2. The van der Waals surface area contributed by atoms with E-state index in [1.54, 1.807) is 12.1 Å². The topological polar surface area (TPSA) is 79.2 Å². The standard InChI is InChI=1S/C19H24ClNO5/c20-15-7-12(1-2-17(15)22)8-18(23)21-9-13-10-26-6-4-19(13,24)14-11-25-5-3-16(14)21/h1-2,7,13-14,16,22,24H,3-6,8-11H2/t13-,14+,16-,19-/m0/s1. The zero-order valence-corrected chi connectivity index (χ0v) is 15.3. The first-order valence-corrected chi connectivity index (χ1v) is 9.51. The summed E-state index contributed by atoms with van der Waals surface area (Å²) in [5.41, 5.74) is -0.0516. The molecule has 1 aromatic carbocycles. The smallest absolute Gasteiger partial charge is 0.227 e. The SMILES string of the molecule is O=C(Cc1ccc(O)c(Cl)c1)N1C[C@H]2COCC[C@@]2(O)[C@@H]2COCC[C@@H]21. The Balaban J connectivity index is 1.56. The average Bonchev–Trinajstić information content (AvgIpc) is 2.64. The number of hydrogen-bond donors (Lipinski definition) is 2. The molecule has 26 heavy (non-hydrogen) atoms. The van der Waals surface area contributed by atoms with Gasteiger partial charge in [-0.25, -0.2) is 0 Å². The van der Waals surface area contributed by atoms with Crippen LogP contribution in [0, 0.1) is 11.8 Å². The van der Waals surface area contributed by atoms with Crippen molar-refractivity contribution >= 4 is 17.5 Å². The Hall–Kier alpha value is -1.34. The number of likely N-dealkylation sites (tertiary alicyclic amines) is 1. The number of phenolic OH excluding ortho intramolecular Hbond substituents is 1. The van der Waals surface area contributed by atoms with Crippen molar-refractivity contribution in [1.29, 1.82) is 0 Å². The van der Waals surface area contributed by atoms with Crippen LogP contribution >= 0.6 is 11.6 Å². The minimum atomic E-state index is -0.817. The number of phenols is 1. The summed E-state index contributed by atoms with van der Waals surface area (Å²) >= 11 is 5.96. The van der Waals surface area contributed by atoms with Crippen LogP contribution in [-0.4, -0.2) is 65.6 Å². The third-order valence-electron chi connectivity index (χ3n) is 6.14. The molecule has 0 aromatic heterocycles. The van der Waals surface area contributed by atoms with Gasteiger partial charge in [-0.15, -0.1) is 0 Å². The molecule has 0 radical (unpaired) electrons. The molecule has 0 saturated carbocycles. The van der Waals surface area contributed by atoms with E-state index < -0.39 is 5.60 Å². The number of halogens is 1. The molecule has 0 spiro atoms. The molecule has 0 aliphatic carbocycles. The molecular formula is C19H24ClNO5. The van der Waals surface area contributed by atoms with Crippen LogP contribution in [0.25, 0.3) is 0 Å². The van der Waals surface area contributed by atoms with E-state index in [1.807, 2.05) is 4.90 Å². The highest BCUT2D eigenvalue weighted by Crippen LogP contribution is 2.44. The van der Waals surface area contributed by atoms with E-state index in [4.69, 9.17) is 21.1 Å². The van der Waals surface area contributed by atoms with E-state index in [1.165, 1.54) is 6.07 Å². The molecule has 2 N–H and O–H groups in total. The number of ether oxygens (including phenoxy) is 2. The summed E-state index contributed by atoms with van der Waals surface area (Å²) in [4.78, 5) is 15.0. The predicted octanol–water partition coefficient (Wildman–Crippen LogP) is 1.60. The average molecular weight is 382 g/mol. The van der Waals surface area contributed by atoms with Crippen LogP contribution in [0.4, 0.5) is 0 Å². The maximum absolute atomic E-state index is 13.1. The lowest BCUT2D eigenvalue weighted by Crippen LogP contribution is -2.69. The van der Waals surface area contributed by atoms with Crippen molar-refractivity contribution in [2.24, 2.45) is 11.8 Å². The van der Waals surface area contributed by atoms with Gasteiger partial charge in [-0.2, -0.15) is 0 Å². The lowest BCUT2D eigenvalue weighted by Gasteiger charge is -2.57. The van der Waals surface area contributed by atoms with Crippen LogP contribution in [0.15, 0.2) is 18.2 Å². The molecule has 3 heterocycles. The summed E-state index contributed by atoms with van der Waals surface area (Å²) in [6.45, 7) is 2.60.